The van der Waals surface area contributed by atoms with E-state index < -0.39 is 9.84 Å². The standard InChI is InChI=1S/C21H26O2S/c1-15(2)24(22,23)14-20-9-8-19-13-18(7-10-21(19)20)12-17-6-4-5-16(3)11-17/h4-7,10-11,13,15,20H,8-9,12,14H2,1-3H3. The van der Waals surface area contributed by atoms with Crippen LogP contribution in [0.3, 0.4) is 0 Å². The highest BCUT2D eigenvalue weighted by Crippen LogP contribution is 2.35. The Morgan fingerprint density at radius 3 is 2.54 bits per heavy atom. The summed E-state index contributed by atoms with van der Waals surface area (Å²) in [7, 11) is -2.99. The molecule has 0 fully saturated rings. The first-order chi connectivity index (χ1) is 11.3. The van der Waals surface area contributed by atoms with Crippen molar-refractivity contribution in [3.63, 3.8) is 0 Å². The van der Waals surface area contributed by atoms with E-state index in [1.807, 2.05) is 0 Å². The van der Waals surface area contributed by atoms with E-state index in [0.717, 1.165) is 19.3 Å². The van der Waals surface area contributed by atoms with Gasteiger partial charge in [0.15, 0.2) is 9.84 Å². The minimum Gasteiger partial charge on any atom is -0.229 e. The maximum atomic E-state index is 12.2. The molecular formula is C21H26O2S. The summed E-state index contributed by atoms with van der Waals surface area (Å²) in [5, 5.41) is -0.290. The van der Waals surface area contributed by atoms with Crippen molar-refractivity contribution < 1.29 is 8.42 Å². The third kappa shape index (κ3) is 3.72. The summed E-state index contributed by atoms with van der Waals surface area (Å²) in [5.74, 6) is 0.454. The fourth-order valence-electron chi connectivity index (χ4n) is 3.57. The van der Waals surface area contributed by atoms with Crippen LogP contribution < -0.4 is 0 Å². The Balaban J connectivity index is 1.78. The Morgan fingerprint density at radius 2 is 1.83 bits per heavy atom. The lowest BCUT2D eigenvalue weighted by Gasteiger charge is -2.15. The molecule has 0 heterocycles. The molecule has 3 rings (SSSR count). The first kappa shape index (κ1) is 17.2. The van der Waals surface area contributed by atoms with Crippen LogP contribution in [-0.2, 0) is 22.7 Å². The third-order valence-electron chi connectivity index (χ3n) is 5.05. The summed E-state index contributed by atoms with van der Waals surface area (Å²) in [6.45, 7) is 5.66. The van der Waals surface area contributed by atoms with Crippen LogP contribution in [0.25, 0.3) is 0 Å². The zero-order valence-electron chi connectivity index (χ0n) is 14.7. The molecule has 0 amide bonds. The van der Waals surface area contributed by atoms with E-state index in [4.69, 9.17) is 0 Å². The number of hydrogen-bond acceptors (Lipinski definition) is 2. The molecule has 0 saturated carbocycles. The summed E-state index contributed by atoms with van der Waals surface area (Å²) >= 11 is 0. The van der Waals surface area contributed by atoms with Crippen molar-refractivity contribution in [3.05, 3.63) is 70.3 Å². The Bertz CT molecular complexity index is 835. The van der Waals surface area contributed by atoms with Gasteiger partial charge in [-0.1, -0.05) is 48.0 Å². The first-order valence-electron chi connectivity index (χ1n) is 8.74. The molecule has 0 aromatic heterocycles. The quantitative estimate of drug-likeness (QED) is 0.805. The minimum atomic E-state index is -2.99. The Morgan fingerprint density at radius 1 is 1.08 bits per heavy atom. The van der Waals surface area contributed by atoms with Crippen LogP contribution in [0.4, 0.5) is 0 Å². The molecule has 0 bridgehead atoms. The number of sulfone groups is 1. The lowest BCUT2D eigenvalue weighted by Crippen LogP contribution is -2.21. The predicted molar refractivity (Wildman–Crippen MR) is 100 cm³/mol. The largest absolute Gasteiger partial charge is 0.229 e. The van der Waals surface area contributed by atoms with E-state index in [-0.39, 0.29) is 16.9 Å². The van der Waals surface area contributed by atoms with Crippen LogP contribution in [0.15, 0.2) is 42.5 Å². The molecule has 0 saturated heterocycles. The number of benzene rings is 2. The van der Waals surface area contributed by atoms with E-state index in [2.05, 4.69) is 49.4 Å². The summed E-state index contributed by atoms with van der Waals surface area (Å²) in [6.07, 6.45) is 2.88. The van der Waals surface area contributed by atoms with Crippen molar-refractivity contribution in [2.75, 3.05) is 5.75 Å². The van der Waals surface area contributed by atoms with Crippen molar-refractivity contribution in [1.82, 2.24) is 0 Å². The molecule has 1 aliphatic carbocycles. The van der Waals surface area contributed by atoms with Gasteiger partial charge in [-0.15, -0.1) is 0 Å². The molecule has 0 N–H and O–H groups in total. The second-order valence-corrected chi connectivity index (χ2v) is 9.91. The summed E-state index contributed by atoms with van der Waals surface area (Å²) in [5.41, 5.74) is 6.50. The van der Waals surface area contributed by atoms with Gasteiger partial charge < -0.3 is 0 Å². The monoisotopic (exact) mass is 342 g/mol. The molecule has 2 nitrogen and oxygen atoms in total. The van der Waals surface area contributed by atoms with Crippen molar-refractivity contribution >= 4 is 9.84 Å². The molecule has 0 aliphatic heterocycles. The maximum Gasteiger partial charge on any atom is 0.153 e. The van der Waals surface area contributed by atoms with Crippen LogP contribution >= 0.6 is 0 Å². The predicted octanol–water partition coefficient (Wildman–Crippen LogP) is 4.44. The molecule has 0 radical (unpaired) electrons. The average molecular weight is 343 g/mol. The van der Waals surface area contributed by atoms with Gasteiger partial charge in [-0.2, -0.15) is 0 Å². The van der Waals surface area contributed by atoms with Gasteiger partial charge in [-0.05, 0) is 68.2 Å². The molecule has 1 aliphatic rings. The molecule has 1 unspecified atom stereocenters. The van der Waals surface area contributed by atoms with Crippen molar-refractivity contribution in [3.8, 4) is 0 Å². The van der Waals surface area contributed by atoms with Gasteiger partial charge >= 0.3 is 0 Å². The molecule has 1 atom stereocenters. The van der Waals surface area contributed by atoms with Crippen molar-refractivity contribution in [2.24, 2.45) is 0 Å². The molecule has 0 spiro atoms. The van der Waals surface area contributed by atoms with E-state index in [1.54, 1.807) is 13.8 Å². The van der Waals surface area contributed by atoms with Gasteiger partial charge in [0.05, 0.1) is 11.0 Å². The Labute approximate surface area is 145 Å². The summed E-state index contributed by atoms with van der Waals surface area (Å²) in [4.78, 5) is 0. The highest BCUT2D eigenvalue weighted by atomic mass is 32.2. The van der Waals surface area contributed by atoms with Crippen molar-refractivity contribution in [2.45, 2.75) is 51.2 Å². The molecule has 2 aromatic carbocycles. The fourth-order valence-corrected chi connectivity index (χ4v) is 4.86. The van der Waals surface area contributed by atoms with Gasteiger partial charge in [0.25, 0.3) is 0 Å². The van der Waals surface area contributed by atoms with E-state index in [9.17, 15) is 8.42 Å². The average Bonchev–Trinajstić information content (AvgIpc) is 2.89. The number of fused-ring (bicyclic) bond motifs is 1. The smallest absolute Gasteiger partial charge is 0.153 e. The van der Waals surface area contributed by atoms with Gasteiger partial charge in [0.2, 0.25) is 0 Å². The highest BCUT2D eigenvalue weighted by molar-refractivity contribution is 7.92. The van der Waals surface area contributed by atoms with Gasteiger partial charge in [-0.25, -0.2) is 8.42 Å². The van der Waals surface area contributed by atoms with E-state index in [0.29, 0.717) is 0 Å². The summed E-state index contributed by atoms with van der Waals surface area (Å²) < 4.78 is 24.5. The topological polar surface area (TPSA) is 34.1 Å². The lowest BCUT2D eigenvalue weighted by atomic mass is 9.97. The minimum absolute atomic E-state index is 0.167. The lowest BCUT2D eigenvalue weighted by molar-refractivity contribution is 0.578. The Hall–Kier alpha value is -1.61. The molecular weight excluding hydrogens is 316 g/mol. The van der Waals surface area contributed by atoms with Crippen LogP contribution in [0.2, 0.25) is 0 Å². The summed E-state index contributed by atoms with van der Waals surface area (Å²) in [6, 6.07) is 15.2. The van der Waals surface area contributed by atoms with Crippen LogP contribution in [0, 0.1) is 6.92 Å². The maximum absolute atomic E-state index is 12.2. The number of aryl methyl sites for hydroxylation is 2. The van der Waals surface area contributed by atoms with E-state index in [1.165, 1.54) is 27.8 Å². The molecule has 24 heavy (non-hydrogen) atoms. The van der Waals surface area contributed by atoms with Crippen LogP contribution in [-0.4, -0.2) is 19.4 Å². The number of hydrogen-bond donors (Lipinski definition) is 0. The molecule has 128 valence electrons. The molecule has 3 heteroatoms. The SMILES string of the molecule is Cc1cccc(Cc2ccc3c(c2)CCC3CS(=O)(=O)C(C)C)c1. The second kappa shape index (κ2) is 6.72. The van der Waals surface area contributed by atoms with E-state index >= 15 is 0 Å². The first-order valence-corrected chi connectivity index (χ1v) is 10.5. The second-order valence-electron chi connectivity index (χ2n) is 7.31. The van der Waals surface area contributed by atoms with Gasteiger partial charge in [-0.3, -0.25) is 0 Å². The fraction of sp³-hybridized carbons (Fsp3) is 0.429. The van der Waals surface area contributed by atoms with Crippen LogP contribution in [0.1, 0.15) is 54.0 Å². The zero-order chi connectivity index (χ0) is 17.3. The highest BCUT2D eigenvalue weighted by Gasteiger charge is 2.29. The number of rotatable bonds is 5. The van der Waals surface area contributed by atoms with Gasteiger partial charge in [0, 0.05) is 0 Å². The van der Waals surface area contributed by atoms with Crippen LogP contribution in [0.5, 0.6) is 0 Å². The zero-order valence-corrected chi connectivity index (χ0v) is 15.6. The van der Waals surface area contributed by atoms with Crippen molar-refractivity contribution in [1.29, 1.82) is 0 Å². The normalized spacial score (nSPS) is 17.2. The third-order valence-corrected chi connectivity index (χ3v) is 7.36. The van der Waals surface area contributed by atoms with Gasteiger partial charge in [0.1, 0.15) is 0 Å². The molecule has 2 aromatic rings. The Kier molecular flexibility index (Phi) is 4.82.